The Morgan fingerprint density at radius 3 is 2.78 bits per heavy atom. The molecule has 1 aromatic heterocycles. The number of hydrogen-bond donors (Lipinski definition) is 3. The van der Waals surface area contributed by atoms with E-state index in [9.17, 15) is 5.21 Å². The molecule has 0 fully saturated rings. The molecule has 0 saturated heterocycles. The van der Waals surface area contributed by atoms with E-state index in [1.807, 2.05) is 30.3 Å². The minimum atomic E-state index is -0.230. The Labute approximate surface area is 103 Å². The van der Waals surface area contributed by atoms with E-state index in [-0.39, 0.29) is 17.3 Å². The zero-order chi connectivity index (χ0) is 13.0. The maximum Gasteiger partial charge on any atom is 0.338 e. The van der Waals surface area contributed by atoms with Crippen LogP contribution in [0.4, 0.5) is 5.82 Å². The molecular weight excluding hydrogens is 234 g/mol. The van der Waals surface area contributed by atoms with Crippen LogP contribution in [0.3, 0.4) is 0 Å². The first kappa shape index (κ1) is 11.9. The predicted octanol–water partition coefficient (Wildman–Crippen LogP) is 0.616. The fourth-order valence-corrected chi connectivity index (χ4v) is 1.39. The molecule has 18 heavy (non-hydrogen) atoms. The number of aromatic nitrogens is 3. The van der Waals surface area contributed by atoms with Gasteiger partial charge in [0.05, 0.1) is 7.11 Å². The van der Waals surface area contributed by atoms with Crippen LogP contribution < -0.4 is 15.5 Å². The maximum absolute atomic E-state index is 9.37. The predicted molar refractivity (Wildman–Crippen MR) is 63.4 cm³/mol. The van der Waals surface area contributed by atoms with Crippen molar-refractivity contribution >= 4 is 5.82 Å². The number of benzene rings is 1. The molecule has 94 valence electrons. The van der Waals surface area contributed by atoms with Crippen molar-refractivity contribution in [3.63, 3.8) is 0 Å². The maximum atomic E-state index is 9.37. The van der Waals surface area contributed by atoms with Crippen molar-refractivity contribution in [3.05, 3.63) is 41.4 Å². The van der Waals surface area contributed by atoms with E-state index in [0.29, 0.717) is 11.4 Å². The number of rotatable bonds is 4. The van der Waals surface area contributed by atoms with Gasteiger partial charge < -0.3 is 15.3 Å². The molecule has 0 aliphatic carbocycles. The Hall–Kier alpha value is -2.57. The monoisotopic (exact) mass is 247 g/mol. The Morgan fingerprint density at radius 2 is 2.11 bits per heavy atom. The summed E-state index contributed by atoms with van der Waals surface area (Å²) in [5, 5.41) is 23.4. The summed E-state index contributed by atoms with van der Waals surface area (Å²) in [6, 6.07) is 9.65. The van der Waals surface area contributed by atoms with E-state index < -0.39 is 0 Å². The molecule has 0 atom stereocenters. The lowest BCUT2D eigenvalue weighted by atomic mass is 10.2. The molecule has 0 amide bonds. The topological polar surface area (TPSA) is 96.0 Å². The third-order valence-electron chi connectivity index (χ3n) is 2.30. The highest BCUT2D eigenvalue weighted by molar-refractivity contribution is 5.32. The molecule has 0 aliphatic heterocycles. The summed E-state index contributed by atoms with van der Waals surface area (Å²) in [7, 11) is 1.39. The first-order chi connectivity index (χ1) is 8.70. The van der Waals surface area contributed by atoms with Crippen LogP contribution in [0.25, 0.3) is 0 Å². The molecular formula is C11H13N5O2. The van der Waals surface area contributed by atoms with Crippen LogP contribution in [0, 0.1) is 5.41 Å². The van der Waals surface area contributed by atoms with Crippen molar-refractivity contribution in [1.82, 2.24) is 14.9 Å². The van der Waals surface area contributed by atoms with Crippen molar-refractivity contribution in [2.45, 2.75) is 6.54 Å². The number of ether oxygens (including phenoxy) is 1. The van der Waals surface area contributed by atoms with Crippen LogP contribution in [-0.4, -0.2) is 27.2 Å². The fourth-order valence-electron chi connectivity index (χ4n) is 1.39. The van der Waals surface area contributed by atoms with E-state index in [4.69, 9.17) is 10.1 Å². The zero-order valence-electron chi connectivity index (χ0n) is 9.79. The van der Waals surface area contributed by atoms with Crippen molar-refractivity contribution in [2.24, 2.45) is 0 Å². The summed E-state index contributed by atoms with van der Waals surface area (Å²) in [4.78, 5) is 4.37. The Morgan fingerprint density at radius 1 is 1.39 bits per heavy atom. The number of hydrogen-bond acceptors (Lipinski definition) is 6. The summed E-state index contributed by atoms with van der Waals surface area (Å²) < 4.78 is 4.82. The third kappa shape index (κ3) is 2.57. The first-order valence-corrected chi connectivity index (χ1v) is 5.27. The summed E-state index contributed by atoms with van der Waals surface area (Å²) in [6.45, 7) is 0.493. The smallest absolute Gasteiger partial charge is 0.338 e. The first-order valence-electron chi connectivity index (χ1n) is 5.27. The molecule has 1 aromatic carbocycles. The normalized spacial score (nSPS) is 10.1. The van der Waals surface area contributed by atoms with Gasteiger partial charge in [-0.1, -0.05) is 40.3 Å². The SMILES string of the molecule is COc1nc(NCc2ccccc2)c(=N)n(O)n1. The molecule has 2 aromatic rings. The lowest BCUT2D eigenvalue weighted by Crippen LogP contribution is -2.26. The highest BCUT2D eigenvalue weighted by Gasteiger charge is 2.06. The highest BCUT2D eigenvalue weighted by Crippen LogP contribution is 2.04. The summed E-state index contributed by atoms with van der Waals surface area (Å²) in [5.41, 5.74) is 0.811. The van der Waals surface area contributed by atoms with Crippen molar-refractivity contribution < 1.29 is 9.94 Å². The van der Waals surface area contributed by atoms with E-state index in [1.54, 1.807) is 0 Å². The Bertz CT molecular complexity index is 582. The fraction of sp³-hybridized carbons (Fsp3) is 0.182. The quantitative estimate of drug-likeness (QED) is 0.688. The minimum Gasteiger partial charge on any atom is -0.466 e. The van der Waals surface area contributed by atoms with Crippen LogP contribution in [0.5, 0.6) is 6.01 Å². The van der Waals surface area contributed by atoms with Gasteiger partial charge in [0.2, 0.25) is 5.49 Å². The van der Waals surface area contributed by atoms with Crippen molar-refractivity contribution in [3.8, 4) is 6.01 Å². The second-order valence-corrected chi connectivity index (χ2v) is 3.52. The van der Waals surface area contributed by atoms with E-state index in [1.165, 1.54) is 7.11 Å². The Balaban J connectivity index is 2.19. The molecule has 7 heteroatoms. The van der Waals surface area contributed by atoms with E-state index in [2.05, 4.69) is 15.4 Å². The summed E-state index contributed by atoms with van der Waals surface area (Å²) in [5.74, 6) is 0.202. The summed E-state index contributed by atoms with van der Waals surface area (Å²) >= 11 is 0. The van der Waals surface area contributed by atoms with Crippen molar-refractivity contribution in [2.75, 3.05) is 12.4 Å². The Kier molecular flexibility index (Phi) is 3.42. The van der Waals surface area contributed by atoms with Crippen LogP contribution in [0.1, 0.15) is 5.56 Å². The van der Waals surface area contributed by atoms with Gasteiger partial charge in [0.15, 0.2) is 5.82 Å². The summed E-state index contributed by atoms with van der Waals surface area (Å²) in [6.07, 6.45) is 0. The van der Waals surface area contributed by atoms with E-state index >= 15 is 0 Å². The molecule has 0 aliphatic rings. The molecule has 0 saturated carbocycles. The van der Waals surface area contributed by atoms with Gasteiger partial charge in [-0.25, -0.2) is 0 Å². The molecule has 0 bridgehead atoms. The van der Waals surface area contributed by atoms with Gasteiger partial charge in [0.25, 0.3) is 0 Å². The number of anilines is 1. The van der Waals surface area contributed by atoms with Gasteiger partial charge in [-0.3, -0.25) is 5.41 Å². The second-order valence-electron chi connectivity index (χ2n) is 3.52. The van der Waals surface area contributed by atoms with Gasteiger partial charge in [-0.15, -0.1) is 0 Å². The third-order valence-corrected chi connectivity index (χ3v) is 2.30. The molecule has 2 rings (SSSR count). The van der Waals surface area contributed by atoms with E-state index in [0.717, 1.165) is 5.56 Å². The van der Waals surface area contributed by atoms with Gasteiger partial charge in [-0.2, -0.15) is 4.98 Å². The molecule has 0 radical (unpaired) electrons. The largest absolute Gasteiger partial charge is 0.466 e. The minimum absolute atomic E-state index is 0.0101. The standard InChI is InChI=1S/C11H13N5O2/c1-18-11-14-10(9(12)16(17)15-11)13-7-8-5-3-2-4-6-8/h2-6,12,17H,7H2,1H3,(H,13,14,15). The van der Waals surface area contributed by atoms with Crippen LogP contribution in [0.15, 0.2) is 30.3 Å². The molecule has 3 N–H and O–H groups in total. The number of methoxy groups -OCH3 is 1. The lowest BCUT2D eigenvalue weighted by molar-refractivity contribution is 0.120. The van der Waals surface area contributed by atoms with Gasteiger partial charge in [-0.05, 0) is 5.56 Å². The average Bonchev–Trinajstić information content (AvgIpc) is 2.41. The van der Waals surface area contributed by atoms with Crippen molar-refractivity contribution in [1.29, 1.82) is 5.41 Å². The van der Waals surface area contributed by atoms with Crippen LogP contribution in [0.2, 0.25) is 0 Å². The molecule has 0 unspecified atom stereocenters. The molecule has 1 heterocycles. The second kappa shape index (κ2) is 5.17. The lowest BCUT2D eigenvalue weighted by Gasteiger charge is -2.08. The highest BCUT2D eigenvalue weighted by atomic mass is 16.5. The average molecular weight is 247 g/mol. The van der Waals surface area contributed by atoms with Gasteiger partial charge in [0, 0.05) is 6.54 Å². The zero-order valence-corrected chi connectivity index (χ0v) is 9.79. The number of nitrogens with zero attached hydrogens (tertiary/aromatic N) is 3. The number of nitrogens with one attached hydrogen (secondary N) is 2. The molecule has 0 spiro atoms. The van der Waals surface area contributed by atoms with Gasteiger partial charge >= 0.3 is 6.01 Å². The molecule has 7 nitrogen and oxygen atoms in total. The van der Waals surface area contributed by atoms with Gasteiger partial charge in [0.1, 0.15) is 0 Å². The van der Waals surface area contributed by atoms with Crippen LogP contribution >= 0.6 is 0 Å². The van der Waals surface area contributed by atoms with Crippen LogP contribution in [-0.2, 0) is 6.54 Å².